The van der Waals surface area contributed by atoms with Gasteiger partial charge in [0.2, 0.25) is 21.8 Å². The summed E-state index contributed by atoms with van der Waals surface area (Å²) in [5.74, 6) is -0.0846. The summed E-state index contributed by atoms with van der Waals surface area (Å²) >= 11 is 1.25. The van der Waals surface area contributed by atoms with Crippen molar-refractivity contribution in [3.63, 3.8) is 0 Å². The zero-order chi connectivity index (χ0) is 17.7. The Kier molecular flexibility index (Phi) is 6.36. The Labute approximate surface area is 146 Å². The number of thiophene rings is 1. The van der Waals surface area contributed by atoms with Gasteiger partial charge < -0.3 is 9.80 Å². The van der Waals surface area contributed by atoms with Gasteiger partial charge in [-0.1, -0.05) is 6.92 Å². The molecule has 9 heteroatoms. The third kappa shape index (κ3) is 4.78. The normalized spacial score (nSPS) is 15.6. The van der Waals surface area contributed by atoms with Crippen molar-refractivity contribution >= 4 is 33.2 Å². The van der Waals surface area contributed by atoms with Crippen LogP contribution in [0.3, 0.4) is 0 Å². The van der Waals surface area contributed by atoms with Crippen LogP contribution in [0.2, 0.25) is 0 Å². The number of nitrogens with one attached hydrogen (secondary N) is 1. The summed E-state index contributed by atoms with van der Waals surface area (Å²) in [7, 11) is -3.55. The van der Waals surface area contributed by atoms with E-state index >= 15 is 0 Å². The molecule has 24 heavy (non-hydrogen) atoms. The Morgan fingerprint density at radius 1 is 1.17 bits per heavy atom. The second-order valence-electron chi connectivity index (χ2n) is 5.61. The number of carbonyl (C=O) groups excluding carboxylic acids is 2. The van der Waals surface area contributed by atoms with Gasteiger partial charge in [-0.25, -0.2) is 13.1 Å². The molecule has 0 aliphatic carbocycles. The predicted molar refractivity (Wildman–Crippen MR) is 92.3 cm³/mol. The molecule has 1 aliphatic rings. The zero-order valence-corrected chi connectivity index (χ0v) is 15.6. The molecule has 0 unspecified atom stereocenters. The molecule has 2 rings (SSSR count). The molecule has 0 aromatic carbocycles. The van der Waals surface area contributed by atoms with Crippen LogP contribution >= 0.6 is 11.3 Å². The van der Waals surface area contributed by atoms with Crippen LogP contribution in [0.25, 0.3) is 0 Å². The number of nitrogens with zero attached hydrogens (tertiary/aromatic N) is 2. The Bertz CT molecular complexity index is 691. The van der Waals surface area contributed by atoms with Crippen LogP contribution in [0, 0.1) is 0 Å². The van der Waals surface area contributed by atoms with E-state index in [0.29, 0.717) is 26.2 Å². The summed E-state index contributed by atoms with van der Waals surface area (Å²) in [4.78, 5) is 27.8. The van der Waals surface area contributed by atoms with Crippen LogP contribution in [0.15, 0.2) is 16.3 Å². The molecular weight excluding hydrogens is 350 g/mol. The summed E-state index contributed by atoms with van der Waals surface area (Å²) in [6.45, 7) is 5.61. The predicted octanol–water partition coefficient (Wildman–Crippen LogP) is 0.670. The van der Waals surface area contributed by atoms with Gasteiger partial charge in [-0.3, -0.25) is 9.59 Å². The van der Waals surface area contributed by atoms with Gasteiger partial charge in [0, 0.05) is 50.9 Å². The summed E-state index contributed by atoms with van der Waals surface area (Å²) in [5, 5.41) is 0. The van der Waals surface area contributed by atoms with E-state index in [1.54, 1.807) is 21.9 Å². The van der Waals surface area contributed by atoms with Crippen LogP contribution in [0.1, 0.15) is 25.1 Å². The average molecular weight is 374 g/mol. The number of aryl methyl sites for hydroxylation is 1. The van der Waals surface area contributed by atoms with Crippen molar-refractivity contribution in [2.24, 2.45) is 0 Å². The van der Waals surface area contributed by atoms with E-state index in [4.69, 9.17) is 0 Å². The Morgan fingerprint density at radius 3 is 2.33 bits per heavy atom. The van der Waals surface area contributed by atoms with Crippen LogP contribution in [-0.4, -0.2) is 62.8 Å². The molecule has 0 radical (unpaired) electrons. The lowest BCUT2D eigenvalue weighted by Gasteiger charge is -2.34. The minimum atomic E-state index is -3.55. The lowest BCUT2D eigenvalue weighted by Crippen LogP contribution is -2.50. The molecule has 1 N–H and O–H groups in total. The fourth-order valence-corrected chi connectivity index (χ4v) is 4.86. The fraction of sp³-hybridized carbons (Fsp3) is 0.600. The highest BCUT2D eigenvalue weighted by Gasteiger charge is 2.23. The molecule has 134 valence electrons. The number of sulfonamides is 1. The first kappa shape index (κ1) is 18.9. The van der Waals surface area contributed by atoms with Crippen molar-refractivity contribution in [1.82, 2.24) is 14.5 Å². The van der Waals surface area contributed by atoms with Crippen molar-refractivity contribution in [3.8, 4) is 0 Å². The summed E-state index contributed by atoms with van der Waals surface area (Å²) in [5.41, 5.74) is 0. The first-order chi connectivity index (χ1) is 11.3. The van der Waals surface area contributed by atoms with E-state index in [1.165, 1.54) is 18.3 Å². The van der Waals surface area contributed by atoms with Crippen molar-refractivity contribution in [2.75, 3.05) is 32.7 Å². The molecule has 2 amide bonds. The fourth-order valence-electron chi connectivity index (χ4n) is 2.49. The molecule has 1 fully saturated rings. The Hall–Kier alpha value is -1.45. The molecule has 2 heterocycles. The van der Waals surface area contributed by atoms with Gasteiger partial charge >= 0.3 is 0 Å². The topological polar surface area (TPSA) is 86.8 Å². The van der Waals surface area contributed by atoms with Crippen molar-refractivity contribution in [2.45, 2.75) is 30.9 Å². The average Bonchev–Trinajstić information content (AvgIpc) is 3.04. The van der Waals surface area contributed by atoms with Gasteiger partial charge in [0.1, 0.15) is 4.21 Å². The maximum Gasteiger partial charge on any atom is 0.250 e. The Balaban J connectivity index is 1.79. The van der Waals surface area contributed by atoms with E-state index < -0.39 is 10.0 Å². The van der Waals surface area contributed by atoms with E-state index in [2.05, 4.69) is 4.72 Å². The SMILES string of the molecule is CCc1ccc(S(=O)(=O)NCCC(=O)N2CCN(C(C)=O)CC2)s1. The van der Waals surface area contributed by atoms with Gasteiger partial charge in [-0.05, 0) is 18.6 Å². The largest absolute Gasteiger partial charge is 0.339 e. The lowest BCUT2D eigenvalue weighted by atomic mass is 10.3. The third-order valence-electron chi connectivity index (χ3n) is 3.96. The number of carbonyl (C=O) groups is 2. The maximum atomic E-state index is 12.2. The second-order valence-corrected chi connectivity index (χ2v) is 8.77. The second kappa shape index (κ2) is 8.09. The third-order valence-corrected chi connectivity index (χ3v) is 7.14. The molecule has 1 aromatic rings. The highest BCUT2D eigenvalue weighted by Crippen LogP contribution is 2.21. The van der Waals surface area contributed by atoms with Gasteiger partial charge in [0.25, 0.3) is 0 Å². The highest BCUT2D eigenvalue weighted by atomic mass is 32.2. The Morgan fingerprint density at radius 2 is 1.79 bits per heavy atom. The maximum absolute atomic E-state index is 12.2. The molecule has 1 aromatic heterocycles. The van der Waals surface area contributed by atoms with E-state index in [1.807, 2.05) is 6.92 Å². The smallest absolute Gasteiger partial charge is 0.250 e. The van der Waals surface area contributed by atoms with Gasteiger partial charge in [-0.15, -0.1) is 11.3 Å². The first-order valence-corrected chi connectivity index (χ1v) is 10.2. The molecule has 1 saturated heterocycles. The van der Waals surface area contributed by atoms with Gasteiger partial charge in [0.15, 0.2) is 0 Å². The number of hydrogen-bond donors (Lipinski definition) is 1. The number of rotatable bonds is 6. The van der Waals surface area contributed by atoms with Crippen LogP contribution in [-0.2, 0) is 26.0 Å². The van der Waals surface area contributed by atoms with Crippen molar-refractivity contribution in [1.29, 1.82) is 0 Å². The molecule has 7 nitrogen and oxygen atoms in total. The van der Waals surface area contributed by atoms with E-state index in [0.717, 1.165) is 11.3 Å². The minimum absolute atomic E-state index is 0.0113. The first-order valence-electron chi connectivity index (χ1n) is 7.95. The molecular formula is C15H23N3O4S2. The number of piperazine rings is 1. The quantitative estimate of drug-likeness (QED) is 0.794. The zero-order valence-electron chi connectivity index (χ0n) is 13.9. The summed E-state index contributed by atoms with van der Waals surface area (Å²) < 4.78 is 27.1. The van der Waals surface area contributed by atoms with Crippen LogP contribution < -0.4 is 4.72 Å². The number of hydrogen-bond acceptors (Lipinski definition) is 5. The summed E-state index contributed by atoms with van der Waals surface area (Å²) in [6, 6.07) is 3.40. The van der Waals surface area contributed by atoms with Gasteiger partial charge in [0.05, 0.1) is 0 Å². The van der Waals surface area contributed by atoms with E-state index in [-0.39, 0.29) is 29.0 Å². The molecule has 0 spiro atoms. The lowest BCUT2D eigenvalue weighted by molar-refractivity contribution is -0.138. The van der Waals surface area contributed by atoms with Crippen molar-refractivity contribution in [3.05, 3.63) is 17.0 Å². The summed E-state index contributed by atoms with van der Waals surface area (Å²) in [6.07, 6.45) is 0.913. The minimum Gasteiger partial charge on any atom is -0.339 e. The monoisotopic (exact) mass is 373 g/mol. The number of amides is 2. The molecule has 1 aliphatic heterocycles. The molecule has 0 atom stereocenters. The van der Waals surface area contributed by atoms with Crippen molar-refractivity contribution < 1.29 is 18.0 Å². The van der Waals surface area contributed by atoms with E-state index in [9.17, 15) is 18.0 Å². The van der Waals surface area contributed by atoms with Crippen LogP contribution in [0.5, 0.6) is 0 Å². The van der Waals surface area contributed by atoms with Gasteiger partial charge in [-0.2, -0.15) is 0 Å². The molecule has 0 bridgehead atoms. The van der Waals surface area contributed by atoms with Crippen LogP contribution in [0.4, 0.5) is 0 Å². The standard InChI is InChI=1S/C15H23N3O4S2/c1-3-13-4-5-15(23-13)24(21,22)16-7-6-14(20)18-10-8-17(9-11-18)12(2)19/h4-5,16H,3,6-11H2,1-2H3. The molecule has 0 saturated carbocycles. The highest BCUT2D eigenvalue weighted by molar-refractivity contribution is 7.91.